The summed E-state index contributed by atoms with van der Waals surface area (Å²) in [4.78, 5) is 29.0. The second kappa shape index (κ2) is 8.41. The molecule has 1 aliphatic carbocycles. The van der Waals surface area contributed by atoms with Crippen LogP contribution in [-0.2, 0) is 4.79 Å². The van der Waals surface area contributed by atoms with E-state index in [9.17, 15) is 9.59 Å². The molecule has 25 heavy (non-hydrogen) atoms. The van der Waals surface area contributed by atoms with Gasteiger partial charge in [0.25, 0.3) is 0 Å². The highest BCUT2D eigenvalue weighted by atomic mass is 16.2. The van der Waals surface area contributed by atoms with Gasteiger partial charge in [-0.15, -0.1) is 0 Å². The first-order valence-corrected chi connectivity index (χ1v) is 10.5. The zero-order chi connectivity index (χ0) is 17.7. The zero-order valence-electron chi connectivity index (χ0n) is 15.9. The predicted octanol–water partition coefficient (Wildman–Crippen LogP) is 3.39. The second-order valence-electron chi connectivity index (χ2n) is 8.36. The smallest absolute Gasteiger partial charge is 0.317 e. The number of nitrogens with one attached hydrogen (secondary N) is 1. The number of hydrogen-bond donors (Lipinski definition) is 1. The molecule has 0 radical (unpaired) electrons. The summed E-state index contributed by atoms with van der Waals surface area (Å²) in [5.41, 5.74) is 0.271. The van der Waals surface area contributed by atoms with Crippen LogP contribution in [0.15, 0.2) is 0 Å². The molecule has 3 aliphatic rings. The van der Waals surface area contributed by atoms with E-state index >= 15 is 0 Å². The Labute approximate surface area is 152 Å². The van der Waals surface area contributed by atoms with Gasteiger partial charge in [0.15, 0.2) is 0 Å². The lowest BCUT2D eigenvalue weighted by atomic mass is 9.66. The van der Waals surface area contributed by atoms with E-state index in [1.54, 1.807) is 0 Å². The third-order valence-corrected chi connectivity index (χ3v) is 6.64. The Hall–Kier alpha value is -1.26. The van der Waals surface area contributed by atoms with E-state index in [-0.39, 0.29) is 11.4 Å². The normalized spacial score (nSPS) is 25.6. The molecule has 5 nitrogen and oxygen atoms in total. The van der Waals surface area contributed by atoms with Crippen molar-refractivity contribution in [3.63, 3.8) is 0 Å². The van der Waals surface area contributed by atoms with E-state index < -0.39 is 0 Å². The van der Waals surface area contributed by atoms with Gasteiger partial charge in [-0.1, -0.05) is 26.2 Å². The Morgan fingerprint density at radius 1 is 1.04 bits per heavy atom. The van der Waals surface area contributed by atoms with Crippen molar-refractivity contribution in [3.8, 4) is 0 Å². The molecule has 142 valence electrons. The summed E-state index contributed by atoms with van der Waals surface area (Å²) in [7, 11) is 0. The molecular weight excluding hydrogens is 314 g/mol. The maximum Gasteiger partial charge on any atom is 0.317 e. The van der Waals surface area contributed by atoms with Gasteiger partial charge in [0.2, 0.25) is 5.91 Å². The molecule has 1 atom stereocenters. The number of rotatable bonds is 5. The summed E-state index contributed by atoms with van der Waals surface area (Å²) in [6, 6.07) is 0.0974. The molecule has 1 unspecified atom stereocenters. The van der Waals surface area contributed by atoms with E-state index in [2.05, 4.69) is 12.2 Å². The second-order valence-corrected chi connectivity index (χ2v) is 8.36. The maximum absolute atomic E-state index is 12.5. The monoisotopic (exact) mass is 349 g/mol. The van der Waals surface area contributed by atoms with Crippen LogP contribution in [0.4, 0.5) is 4.79 Å². The van der Waals surface area contributed by atoms with Gasteiger partial charge in [0.1, 0.15) is 0 Å². The number of amides is 3. The van der Waals surface area contributed by atoms with Crippen LogP contribution in [0.1, 0.15) is 71.1 Å². The first-order chi connectivity index (χ1) is 12.1. The topological polar surface area (TPSA) is 52.7 Å². The van der Waals surface area contributed by atoms with Crippen molar-refractivity contribution in [1.82, 2.24) is 15.1 Å². The molecule has 1 spiro atoms. The Morgan fingerprint density at radius 2 is 1.76 bits per heavy atom. The number of nitrogens with zero attached hydrogens (tertiary/aromatic N) is 2. The quantitative estimate of drug-likeness (QED) is 0.827. The highest BCUT2D eigenvalue weighted by molar-refractivity contribution is 5.76. The molecule has 3 amide bonds. The number of carbonyl (C=O) groups excluding carboxylic acids is 2. The van der Waals surface area contributed by atoms with Crippen molar-refractivity contribution in [1.29, 1.82) is 0 Å². The van der Waals surface area contributed by atoms with Crippen molar-refractivity contribution >= 4 is 11.9 Å². The highest BCUT2D eigenvalue weighted by Gasteiger charge is 2.47. The number of carbonyl (C=O) groups is 2. The van der Waals surface area contributed by atoms with Crippen molar-refractivity contribution in [2.24, 2.45) is 11.3 Å². The van der Waals surface area contributed by atoms with Gasteiger partial charge in [-0.2, -0.15) is 0 Å². The van der Waals surface area contributed by atoms with E-state index in [0.717, 1.165) is 58.4 Å². The van der Waals surface area contributed by atoms with Crippen molar-refractivity contribution in [2.45, 2.75) is 71.1 Å². The molecule has 1 N–H and O–H groups in total. The Bertz CT molecular complexity index is 468. The summed E-state index contributed by atoms with van der Waals surface area (Å²) in [5, 5.41) is 3.04. The van der Waals surface area contributed by atoms with E-state index in [4.69, 9.17) is 0 Å². The summed E-state index contributed by atoms with van der Waals surface area (Å²) in [6.07, 6.45) is 11.2. The first-order valence-electron chi connectivity index (χ1n) is 10.5. The minimum atomic E-state index is 0.0974. The van der Waals surface area contributed by atoms with Gasteiger partial charge < -0.3 is 15.1 Å². The molecule has 5 heteroatoms. The number of likely N-dealkylation sites (tertiary alicyclic amines) is 2. The molecule has 0 aromatic heterocycles. The van der Waals surface area contributed by atoms with E-state index in [0.29, 0.717) is 18.2 Å². The van der Waals surface area contributed by atoms with Crippen LogP contribution in [0.5, 0.6) is 0 Å². The SMILES string of the molecule is CCCNC(=O)N1CC(CCC(=O)N2CCCC2)C2(CCCCC2)C1. The summed E-state index contributed by atoms with van der Waals surface area (Å²) < 4.78 is 0. The van der Waals surface area contributed by atoms with Gasteiger partial charge in [0.05, 0.1) is 0 Å². The number of urea groups is 1. The standard InChI is InChI=1S/C20H35N3O2/c1-2-12-21-19(25)23-15-17(20(16-23)10-4-3-5-11-20)8-9-18(24)22-13-6-7-14-22/h17H,2-16H2,1H3,(H,21,25). The Kier molecular flexibility index (Phi) is 6.24. The molecule has 3 rings (SSSR count). The van der Waals surface area contributed by atoms with Crippen LogP contribution in [0.3, 0.4) is 0 Å². The van der Waals surface area contributed by atoms with Crippen LogP contribution < -0.4 is 5.32 Å². The summed E-state index contributed by atoms with van der Waals surface area (Å²) in [5.74, 6) is 0.823. The van der Waals surface area contributed by atoms with Gasteiger partial charge in [-0.25, -0.2) is 4.79 Å². The largest absolute Gasteiger partial charge is 0.343 e. The van der Waals surface area contributed by atoms with Crippen molar-refractivity contribution in [2.75, 3.05) is 32.7 Å². The zero-order valence-corrected chi connectivity index (χ0v) is 15.9. The molecule has 2 heterocycles. The lowest BCUT2D eigenvalue weighted by Gasteiger charge is -2.38. The molecule has 0 bridgehead atoms. The molecule has 2 saturated heterocycles. The van der Waals surface area contributed by atoms with Gasteiger partial charge in [0, 0.05) is 39.1 Å². The third kappa shape index (κ3) is 4.29. The van der Waals surface area contributed by atoms with Crippen LogP contribution in [-0.4, -0.2) is 54.5 Å². The van der Waals surface area contributed by atoms with Gasteiger partial charge in [-0.05, 0) is 49.9 Å². The van der Waals surface area contributed by atoms with Crippen molar-refractivity contribution in [3.05, 3.63) is 0 Å². The van der Waals surface area contributed by atoms with Gasteiger partial charge >= 0.3 is 6.03 Å². The van der Waals surface area contributed by atoms with Crippen LogP contribution in [0, 0.1) is 11.3 Å². The minimum absolute atomic E-state index is 0.0974. The average Bonchev–Trinajstić information content (AvgIpc) is 3.27. The Morgan fingerprint density at radius 3 is 2.44 bits per heavy atom. The van der Waals surface area contributed by atoms with Crippen LogP contribution in [0.2, 0.25) is 0 Å². The van der Waals surface area contributed by atoms with E-state index in [1.165, 1.54) is 32.1 Å². The number of hydrogen-bond acceptors (Lipinski definition) is 2. The van der Waals surface area contributed by atoms with Crippen molar-refractivity contribution < 1.29 is 9.59 Å². The van der Waals surface area contributed by atoms with Crippen LogP contribution >= 0.6 is 0 Å². The molecular formula is C20H35N3O2. The summed E-state index contributed by atoms with van der Waals surface area (Å²) >= 11 is 0. The summed E-state index contributed by atoms with van der Waals surface area (Å²) in [6.45, 7) is 6.45. The molecule has 2 aliphatic heterocycles. The molecule has 3 fully saturated rings. The molecule has 0 aromatic rings. The fourth-order valence-corrected chi connectivity index (χ4v) is 5.17. The predicted molar refractivity (Wildman–Crippen MR) is 99.3 cm³/mol. The molecule has 1 saturated carbocycles. The fraction of sp³-hybridized carbons (Fsp3) is 0.900. The third-order valence-electron chi connectivity index (χ3n) is 6.64. The first kappa shape index (κ1) is 18.5. The van der Waals surface area contributed by atoms with Crippen LogP contribution in [0.25, 0.3) is 0 Å². The Balaban J connectivity index is 1.60. The highest BCUT2D eigenvalue weighted by Crippen LogP contribution is 2.49. The minimum Gasteiger partial charge on any atom is -0.343 e. The van der Waals surface area contributed by atoms with Gasteiger partial charge in [-0.3, -0.25) is 4.79 Å². The average molecular weight is 350 g/mol. The lowest BCUT2D eigenvalue weighted by Crippen LogP contribution is -2.40. The molecule has 0 aromatic carbocycles. The fourth-order valence-electron chi connectivity index (χ4n) is 5.17. The lowest BCUT2D eigenvalue weighted by molar-refractivity contribution is -0.130. The van der Waals surface area contributed by atoms with E-state index in [1.807, 2.05) is 9.80 Å². The maximum atomic E-state index is 12.5.